The Balaban J connectivity index is 0.00000162. The first kappa shape index (κ1) is 15.8. The summed E-state index contributed by atoms with van der Waals surface area (Å²) in [5, 5.41) is 3.58. The van der Waals surface area contributed by atoms with Crippen LogP contribution in [0.2, 0.25) is 12.1 Å². The van der Waals surface area contributed by atoms with E-state index in [2.05, 4.69) is 50.3 Å². The van der Waals surface area contributed by atoms with E-state index >= 15 is 0 Å². The molecule has 0 aromatic carbocycles. The molecule has 2 aliphatic carbocycles. The van der Waals surface area contributed by atoms with Gasteiger partial charge in [0.05, 0.1) is 0 Å². The van der Waals surface area contributed by atoms with Crippen LogP contribution in [-0.4, -0.2) is 26.9 Å². The van der Waals surface area contributed by atoms with Crippen molar-refractivity contribution in [2.75, 3.05) is 0 Å². The van der Waals surface area contributed by atoms with Crippen molar-refractivity contribution >= 4 is 26.9 Å². The fourth-order valence-corrected chi connectivity index (χ4v) is 8.93. The Kier molecular flexibility index (Phi) is 6.49. The molecule has 0 saturated carbocycles. The van der Waals surface area contributed by atoms with Gasteiger partial charge in [0.1, 0.15) is 8.07 Å². The minimum absolute atomic E-state index is 0. The van der Waals surface area contributed by atoms with Crippen LogP contribution < -0.4 is 0 Å². The van der Waals surface area contributed by atoms with Crippen LogP contribution in [0.3, 0.4) is 0 Å². The minimum atomic E-state index is -1.33. The first-order valence-electron chi connectivity index (χ1n) is 7.06. The fourth-order valence-electron chi connectivity index (χ4n) is 3.43. The summed E-state index contributed by atoms with van der Waals surface area (Å²) >= 11 is 0. The van der Waals surface area contributed by atoms with Gasteiger partial charge in [-0.2, -0.15) is 0 Å². The molecule has 0 aliphatic heterocycles. The predicted octanol–water partition coefficient (Wildman–Crippen LogP) is 4.46. The molecule has 0 amide bonds. The van der Waals surface area contributed by atoms with Crippen LogP contribution in [0.5, 0.6) is 0 Å². The van der Waals surface area contributed by atoms with Crippen LogP contribution in [0.4, 0.5) is 0 Å². The topological polar surface area (TPSA) is 0 Å². The van der Waals surface area contributed by atoms with Gasteiger partial charge in [-0.05, 0) is 12.8 Å². The molecule has 2 aliphatic rings. The van der Waals surface area contributed by atoms with E-state index < -0.39 is 8.07 Å². The molecule has 0 unspecified atom stereocenters. The van der Waals surface area contributed by atoms with E-state index in [1.54, 1.807) is 10.4 Å². The molecule has 0 aromatic rings. The van der Waals surface area contributed by atoms with Crippen molar-refractivity contribution in [1.29, 1.82) is 0 Å². The van der Waals surface area contributed by atoms with Gasteiger partial charge in [-0.25, -0.2) is 0 Å². The molecule has 2 rings (SSSR count). The third-order valence-corrected chi connectivity index (χ3v) is 10.0. The molecule has 0 saturated heterocycles. The SMILES string of the molecule is CCC[Si](CCC)(C1=CC=CC1)C1=CC=CC1.[LiH]. The van der Waals surface area contributed by atoms with Crippen LogP contribution in [-0.2, 0) is 0 Å². The molecular weight excluding hydrogens is 227 g/mol. The Morgan fingerprint density at radius 3 is 1.61 bits per heavy atom. The summed E-state index contributed by atoms with van der Waals surface area (Å²) in [7, 11) is -1.33. The van der Waals surface area contributed by atoms with Crippen LogP contribution in [0.1, 0.15) is 39.5 Å². The van der Waals surface area contributed by atoms with Gasteiger partial charge in [0.15, 0.2) is 0 Å². The Labute approximate surface area is 125 Å². The molecule has 0 aromatic heterocycles. The Hall–Kier alpha value is -0.226. The maximum absolute atomic E-state index is 2.43. The van der Waals surface area contributed by atoms with E-state index in [4.69, 9.17) is 0 Å². The van der Waals surface area contributed by atoms with Crippen molar-refractivity contribution in [1.82, 2.24) is 0 Å². The van der Waals surface area contributed by atoms with Gasteiger partial charge in [-0.3, -0.25) is 0 Å². The first-order valence-corrected chi connectivity index (χ1v) is 9.47. The van der Waals surface area contributed by atoms with Crippen LogP contribution in [0, 0.1) is 0 Å². The Morgan fingerprint density at radius 1 is 0.889 bits per heavy atom. The molecule has 2 heteroatoms. The fraction of sp³-hybridized carbons (Fsp3) is 0.500. The van der Waals surface area contributed by atoms with E-state index in [1.807, 2.05) is 0 Å². The first-order chi connectivity index (χ1) is 8.33. The standard InChI is InChI=1S/C16H24Si.Li.H/c1-3-13-17(14-4-2,15-9-5-6-10-15)16-11-7-8-12-16;;/h5-9,11H,3-4,10,12-14H2,1-2H3;;. The van der Waals surface area contributed by atoms with E-state index in [1.165, 1.54) is 37.8 Å². The summed E-state index contributed by atoms with van der Waals surface area (Å²) in [4.78, 5) is 0. The van der Waals surface area contributed by atoms with Crippen molar-refractivity contribution in [2.45, 2.75) is 51.6 Å². The second-order valence-corrected chi connectivity index (χ2v) is 9.68. The molecule has 94 valence electrons. The second kappa shape index (κ2) is 7.38. The molecule has 18 heavy (non-hydrogen) atoms. The normalized spacial score (nSPS) is 17.7. The summed E-state index contributed by atoms with van der Waals surface area (Å²) in [6.45, 7) is 4.70. The van der Waals surface area contributed by atoms with Crippen molar-refractivity contribution in [3.8, 4) is 0 Å². The van der Waals surface area contributed by atoms with Gasteiger partial charge >= 0.3 is 18.9 Å². The van der Waals surface area contributed by atoms with E-state index in [9.17, 15) is 0 Å². The molecule has 0 spiro atoms. The number of rotatable bonds is 6. The summed E-state index contributed by atoms with van der Waals surface area (Å²) < 4.78 is 0. The molecule has 0 N–H and O–H groups in total. The zero-order chi connectivity index (χ0) is 12.1. The average Bonchev–Trinajstić information content (AvgIpc) is 3.02. The molecule has 0 nitrogen and oxygen atoms in total. The van der Waals surface area contributed by atoms with Crippen molar-refractivity contribution < 1.29 is 0 Å². The quantitative estimate of drug-likeness (QED) is 0.612. The average molecular weight is 252 g/mol. The Morgan fingerprint density at radius 2 is 1.33 bits per heavy atom. The van der Waals surface area contributed by atoms with Gasteiger partial charge in [0.2, 0.25) is 0 Å². The van der Waals surface area contributed by atoms with E-state index in [-0.39, 0.29) is 18.9 Å². The third kappa shape index (κ3) is 3.02. The van der Waals surface area contributed by atoms with Gasteiger partial charge in [0.25, 0.3) is 0 Å². The summed E-state index contributed by atoms with van der Waals surface area (Å²) in [5.41, 5.74) is 0. The zero-order valence-corrected chi connectivity index (χ0v) is 12.2. The number of hydrogen-bond acceptors (Lipinski definition) is 0. The molecule has 0 atom stereocenters. The maximum atomic E-state index is 2.43. The van der Waals surface area contributed by atoms with E-state index in [0.29, 0.717) is 0 Å². The molecule has 0 radical (unpaired) electrons. The second-order valence-electron chi connectivity index (χ2n) is 5.23. The Bertz CT molecular complexity index is 350. The third-order valence-electron chi connectivity index (χ3n) is 4.13. The van der Waals surface area contributed by atoms with Gasteiger partial charge in [-0.15, -0.1) is 0 Å². The molecular formula is C16H25LiSi. The predicted molar refractivity (Wildman–Crippen MR) is 86.8 cm³/mol. The summed E-state index contributed by atoms with van der Waals surface area (Å²) in [5.74, 6) is 0. The van der Waals surface area contributed by atoms with Crippen LogP contribution in [0.25, 0.3) is 0 Å². The molecule has 0 heterocycles. The number of allylic oxidation sites excluding steroid dienone is 8. The number of hydrogen-bond donors (Lipinski definition) is 0. The molecule has 0 bridgehead atoms. The van der Waals surface area contributed by atoms with Crippen LogP contribution >= 0.6 is 0 Å². The summed E-state index contributed by atoms with van der Waals surface area (Å²) in [6.07, 6.45) is 19.2. The van der Waals surface area contributed by atoms with Crippen molar-refractivity contribution in [2.24, 2.45) is 0 Å². The van der Waals surface area contributed by atoms with Gasteiger partial charge < -0.3 is 0 Å². The van der Waals surface area contributed by atoms with Crippen LogP contribution in [0.15, 0.2) is 46.8 Å². The monoisotopic (exact) mass is 252 g/mol. The summed E-state index contributed by atoms with van der Waals surface area (Å²) in [6, 6.07) is 2.89. The van der Waals surface area contributed by atoms with Gasteiger partial charge in [-0.1, -0.05) is 85.6 Å². The van der Waals surface area contributed by atoms with Gasteiger partial charge in [0, 0.05) is 0 Å². The molecule has 0 fully saturated rings. The van der Waals surface area contributed by atoms with Crippen molar-refractivity contribution in [3.05, 3.63) is 46.8 Å². The van der Waals surface area contributed by atoms with E-state index in [0.717, 1.165) is 0 Å². The zero-order valence-electron chi connectivity index (χ0n) is 11.2. The van der Waals surface area contributed by atoms with Crippen molar-refractivity contribution in [3.63, 3.8) is 0 Å².